The lowest BCUT2D eigenvalue weighted by Crippen LogP contribution is -2.20. The molecule has 0 radical (unpaired) electrons. The van der Waals surface area contributed by atoms with Crippen molar-refractivity contribution in [3.8, 4) is 0 Å². The van der Waals surface area contributed by atoms with Crippen LogP contribution in [-0.4, -0.2) is 6.18 Å². The molecule has 12 heavy (non-hydrogen) atoms. The average Bonchev–Trinajstić information content (AvgIpc) is 1.81. The second kappa shape index (κ2) is 3.61. The molecule has 1 unspecified atom stereocenters. The van der Waals surface area contributed by atoms with Gasteiger partial charge in [-0.3, -0.25) is 0 Å². The normalized spacial score (nSPS) is 23.8. The van der Waals surface area contributed by atoms with Gasteiger partial charge in [-0.05, 0) is 6.42 Å². The zero-order valence-electron chi connectivity index (χ0n) is 6.38. The maximum atomic E-state index is 12.1. The van der Waals surface area contributed by atoms with E-state index in [1.54, 1.807) is 18.2 Å². The van der Waals surface area contributed by atoms with E-state index in [1.807, 2.05) is 0 Å². The summed E-state index contributed by atoms with van der Waals surface area (Å²) < 4.78 is 36.4. The van der Waals surface area contributed by atoms with Crippen molar-refractivity contribution in [3.05, 3.63) is 36.5 Å². The van der Waals surface area contributed by atoms with E-state index in [0.29, 0.717) is 0 Å². The summed E-state index contributed by atoms with van der Waals surface area (Å²) in [6.07, 6.45) is 4.98. The van der Waals surface area contributed by atoms with Gasteiger partial charge in [-0.25, -0.2) is 0 Å². The lowest BCUT2D eigenvalue weighted by Gasteiger charge is -2.14. The molecule has 1 rings (SSSR count). The van der Waals surface area contributed by atoms with Crippen LogP contribution in [0.2, 0.25) is 0 Å². The van der Waals surface area contributed by atoms with Crippen LogP contribution < -0.4 is 0 Å². The highest BCUT2D eigenvalue weighted by atomic mass is 19.4. The topological polar surface area (TPSA) is 0 Å². The van der Waals surface area contributed by atoms with Gasteiger partial charge in [0, 0.05) is 0 Å². The van der Waals surface area contributed by atoms with Crippen molar-refractivity contribution in [2.75, 3.05) is 0 Å². The lowest BCUT2D eigenvalue weighted by atomic mass is 10.0. The third-order valence-electron chi connectivity index (χ3n) is 1.62. The van der Waals surface area contributed by atoms with Gasteiger partial charge in [-0.2, -0.15) is 13.2 Å². The van der Waals surface area contributed by atoms with Crippen LogP contribution in [0.1, 0.15) is 6.42 Å². The second-order valence-corrected chi connectivity index (χ2v) is 2.58. The molecular formula is C9H9F3. The molecule has 0 saturated carbocycles. The predicted molar refractivity (Wildman–Crippen MR) is 41.6 cm³/mol. The first-order valence-corrected chi connectivity index (χ1v) is 3.67. The highest BCUT2D eigenvalue weighted by Crippen LogP contribution is 2.30. The Labute approximate surface area is 69.1 Å². The van der Waals surface area contributed by atoms with Gasteiger partial charge < -0.3 is 0 Å². The molecule has 0 aromatic carbocycles. The molecule has 0 aromatic heterocycles. The van der Waals surface area contributed by atoms with Crippen LogP contribution >= 0.6 is 0 Å². The van der Waals surface area contributed by atoms with Crippen molar-refractivity contribution in [1.82, 2.24) is 0 Å². The highest BCUT2D eigenvalue weighted by Gasteiger charge is 2.36. The molecule has 1 atom stereocenters. The molecule has 0 aromatic rings. The Bertz CT molecular complexity index is 220. The van der Waals surface area contributed by atoms with Gasteiger partial charge in [0.1, 0.15) is 0 Å². The smallest absolute Gasteiger partial charge is 0.170 e. The lowest BCUT2D eigenvalue weighted by molar-refractivity contribution is -0.160. The van der Waals surface area contributed by atoms with E-state index in [9.17, 15) is 13.2 Å². The van der Waals surface area contributed by atoms with Crippen LogP contribution in [0.4, 0.5) is 13.2 Å². The quantitative estimate of drug-likeness (QED) is 0.528. The molecule has 1 aliphatic rings. The van der Waals surface area contributed by atoms with E-state index >= 15 is 0 Å². The van der Waals surface area contributed by atoms with Gasteiger partial charge in [0.25, 0.3) is 0 Å². The van der Waals surface area contributed by atoms with Crippen molar-refractivity contribution in [2.45, 2.75) is 12.6 Å². The van der Waals surface area contributed by atoms with Crippen molar-refractivity contribution < 1.29 is 13.2 Å². The molecule has 1 aliphatic carbocycles. The van der Waals surface area contributed by atoms with Gasteiger partial charge in [0.05, 0.1) is 5.92 Å². The minimum atomic E-state index is -4.12. The molecule has 0 spiro atoms. The van der Waals surface area contributed by atoms with E-state index in [-0.39, 0.29) is 6.42 Å². The monoisotopic (exact) mass is 174 g/mol. The molecule has 0 bridgehead atoms. The van der Waals surface area contributed by atoms with Gasteiger partial charge in [0.15, 0.2) is 0 Å². The Hall–Kier alpha value is -0.990. The molecule has 0 aliphatic heterocycles. The first kappa shape index (κ1) is 9.10. The third kappa shape index (κ3) is 2.57. The Morgan fingerprint density at radius 3 is 2.33 bits per heavy atom. The SMILES string of the molecule is FC(F)(F)C1C=CC=CC=CC1. The number of rotatable bonds is 0. The van der Waals surface area contributed by atoms with E-state index in [4.69, 9.17) is 0 Å². The maximum Gasteiger partial charge on any atom is 0.395 e. The summed E-state index contributed by atoms with van der Waals surface area (Å²) in [4.78, 5) is 0. The van der Waals surface area contributed by atoms with Crippen LogP contribution in [0.5, 0.6) is 0 Å². The number of alkyl halides is 3. The molecule has 0 saturated heterocycles. The summed E-state index contributed by atoms with van der Waals surface area (Å²) in [5.41, 5.74) is 0. The molecule has 0 amide bonds. The zero-order chi connectivity index (χ0) is 9.03. The van der Waals surface area contributed by atoms with Crippen LogP contribution in [0.3, 0.4) is 0 Å². The fourth-order valence-electron chi connectivity index (χ4n) is 0.952. The van der Waals surface area contributed by atoms with Crippen molar-refractivity contribution >= 4 is 0 Å². The highest BCUT2D eigenvalue weighted by molar-refractivity contribution is 5.15. The van der Waals surface area contributed by atoms with Gasteiger partial charge in [-0.1, -0.05) is 36.5 Å². The van der Waals surface area contributed by atoms with E-state index in [0.717, 1.165) is 0 Å². The Kier molecular flexibility index (Phi) is 2.74. The van der Waals surface area contributed by atoms with Crippen molar-refractivity contribution in [2.24, 2.45) is 5.92 Å². The van der Waals surface area contributed by atoms with Crippen LogP contribution in [0.25, 0.3) is 0 Å². The fourth-order valence-corrected chi connectivity index (χ4v) is 0.952. The summed E-state index contributed by atoms with van der Waals surface area (Å²) in [5, 5.41) is 0. The van der Waals surface area contributed by atoms with Crippen molar-refractivity contribution in [3.63, 3.8) is 0 Å². The van der Waals surface area contributed by atoms with Gasteiger partial charge >= 0.3 is 6.18 Å². The molecule has 0 heterocycles. The molecule has 0 nitrogen and oxygen atoms in total. The Morgan fingerprint density at radius 1 is 1.00 bits per heavy atom. The summed E-state index contributed by atoms with van der Waals surface area (Å²) in [6, 6.07) is 0. The number of halogens is 3. The molecule has 66 valence electrons. The number of hydrogen-bond donors (Lipinski definition) is 0. The van der Waals surface area contributed by atoms with E-state index in [2.05, 4.69) is 0 Å². The largest absolute Gasteiger partial charge is 0.395 e. The minimum absolute atomic E-state index is 0.0321. The average molecular weight is 174 g/mol. The molecule has 0 fully saturated rings. The summed E-state index contributed by atoms with van der Waals surface area (Å²) in [7, 11) is 0. The zero-order valence-corrected chi connectivity index (χ0v) is 6.38. The standard InChI is InChI=1S/C9H9F3/c10-9(11,12)8-6-4-2-1-3-5-7-8/h1-6,8H,7H2. The maximum absolute atomic E-state index is 12.1. The first-order chi connectivity index (χ1) is 5.61. The Morgan fingerprint density at radius 2 is 1.67 bits per heavy atom. The van der Waals surface area contributed by atoms with Gasteiger partial charge in [-0.15, -0.1) is 0 Å². The van der Waals surface area contributed by atoms with Crippen LogP contribution in [0, 0.1) is 5.92 Å². The van der Waals surface area contributed by atoms with Crippen molar-refractivity contribution in [1.29, 1.82) is 0 Å². The van der Waals surface area contributed by atoms with Gasteiger partial charge in [0.2, 0.25) is 0 Å². The van der Waals surface area contributed by atoms with E-state index < -0.39 is 12.1 Å². The minimum Gasteiger partial charge on any atom is -0.170 e. The molecular weight excluding hydrogens is 165 g/mol. The van der Waals surface area contributed by atoms with Crippen LogP contribution in [-0.2, 0) is 0 Å². The predicted octanol–water partition coefficient (Wildman–Crippen LogP) is 3.24. The molecule has 0 N–H and O–H groups in total. The fraction of sp³-hybridized carbons (Fsp3) is 0.333. The van der Waals surface area contributed by atoms with E-state index in [1.165, 1.54) is 18.2 Å². The van der Waals surface area contributed by atoms with Crippen LogP contribution in [0.15, 0.2) is 36.5 Å². The summed E-state index contributed by atoms with van der Waals surface area (Å²) >= 11 is 0. The third-order valence-corrected chi connectivity index (χ3v) is 1.62. The second-order valence-electron chi connectivity index (χ2n) is 2.58. The summed E-state index contributed by atoms with van der Waals surface area (Å²) in [6.45, 7) is 0. The first-order valence-electron chi connectivity index (χ1n) is 3.67. The number of allylic oxidation sites excluding steroid dienone is 6. The molecule has 3 heteroatoms. The summed E-state index contributed by atoms with van der Waals surface area (Å²) in [5.74, 6) is -1.33. The Balaban J connectivity index is 2.72. The number of hydrogen-bond acceptors (Lipinski definition) is 0.